The van der Waals surface area contributed by atoms with Crippen molar-refractivity contribution in [2.24, 2.45) is 0 Å². The summed E-state index contributed by atoms with van der Waals surface area (Å²) in [5.41, 5.74) is -1.48. The number of hydrogen-bond donors (Lipinski definition) is 1. The minimum Gasteiger partial charge on any atom is -0.379 e. The molecule has 3 rings (SSSR count). The average molecular weight is 329 g/mol. The fourth-order valence-electron chi connectivity index (χ4n) is 1.97. The number of fused-ring (bicyclic) bond motifs is 1. The topological polar surface area (TPSA) is 33.1 Å². The van der Waals surface area contributed by atoms with Gasteiger partial charge in [-0.1, -0.05) is 18.2 Å². The van der Waals surface area contributed by atoms with Gasteiger partial charge >= 0.3 is 6.18 Å². The lowest BCUT2D eigenvalue weighted by Gasteiger charge is -2.19. The van der Waals surface area contributed by atoms with E-state index in [0.29, 0.717) is 16.2 Å². The summed E-state index contributed by atoms with van der Waals surface area (Å²) in [5, 5.41) is 10.7. The lowest BCUT2D eigenvalue weighted by atomic mass is 10.0. The molecule has 1 aromatic carbocycles. The lowest BCUT2D eigenvalue weighted by Crippen LogP contribution is -2.19. The molecule has 2 aromatic heterocycles. The maximum atomic E-state index is 12.6. The smallest absolute Gasteiger partial charge is 0.379 e. The zero-order valence-electron chi connectivity index (χ0n) is 10.8. The maximum absolute atomic E-state index is 12.6. The Morgan fingerprint density at radius 3 is 2.43 bits per heavy atom. The Bertz CT molecular complexity index is 756. The molecule has 0 aliphatic rings. The van der Waals surface area contributed by atoms with E-state index in [2.05, 4.69) is 4.98 Å². The number of thiazole rings is 1. The van der Waals surface area contributed by atoms with Crippen LogP contribution in [0.3, 0.4) is 0 Å². The van der Waals surface area contributed by atoms with E-state index in [1.165, 1.54) is 18.3 Å². The van der Waals surface area contributed by atoms with Gasteiger partial charge in [0.15, 0.2) is 5.01 Å². The molecular weight excluding hydrogens is 319 g/mol. The van der Waals surface area contributed by atoms with Crippen LogP contribution in [-0.4, -0.2) is 10.1 Å². The molecule has 21 heavy (non-hydrogen) atoms. The predicted octanol–water partition coefficient (Wildman–Crippen LogP) is 4.63. The largest absolute Gasteiger partial charge is 0.443 e. The number of halogens is 3. The Hall–Kier alpha value is -1.44. The van der Waals surface area contributed by atoms with E-state index in [4.69, 9.17) is 0 Å². The van der Waals surface area contributed by atoms with Crippen LogP contribution in [0.1, 0.15) is 21.7 Å². The van der Waals surface area contributed by atoms with Gasteiger partial charge in [0.2, 0.25) is 0 Å². The number of hydrogen-bond acceptors (Lipinski definition) is 4. The number of nitrogens with zero attached hydrogens (tertiary/aromatic N) is 1. The highest BCUT2D eigenvalue weighted by molar-refractivity contribution is 7.19. The first-order chi connectivity index (χ1) is 9.78. The van der Waals surface area contributed by atoms with Gasteiger partial charge in [0.1, 0.15) is 5.60 Å². The van der Waals surface area contributed by atoms with Gasteiger partial charge in [0.05, 0.1) is 4.88 Å². The van der Waals surface area contributed by atoms with Crippen LogP contribution < -0.4 is 0 Å². The molecule has 2 heterocycles. The van der Waals surface area contributed by atoms with Gasteiger partial charge in [-0.3, -0.25) is 0 Å². The third-order valence-electron chi connectivity index (χ3n) is 3.13. The second-order valence-electron chi connectivity index (χ2n) is 4.75. The summed E-state index contributed by atoms with van der Waals surface area (Å²) in [6.45, 7) is 1.49. The van der Waals surface area contributed by atoms with E-state index in [0.717, 1.165) is 16.3 Å². The summed E-state index contributed by atoms with van der Waals surface area (Å²) < 4.78 is 38.9. The normalized spacial score (nSPS) is 15.3. The quantitative estimate of drug-likeness (QED) is 0.743. The minimum absolute atomic E-state index is 0.182. The van der Waals surface area contributed by atoms with E-state index in [1.807, 2.05) is 24.3 Å². The monoisotopic (exact) mass is 329 g/mol. The standard InChI is InChI=1S/C14H10F3NOS2/c1-13(19,11-7-18-12(21-11)14(15,16)17)10-6-8-4-2-3-5-9(8)20-10/h2-7,19H,1H3. The Morgan fingerprint density at radius 1 is 1.10 bits per heavy atom. The van der Waals surface area contributed by atoms with Crippen LogP contribution in [-0.2, 0) is 11.8 Å². The van der Waals surface area contributed by atoms with Gasteiger partial charge < -0.3 is 5.11 Å². The number of benzene rings is 1. The third-order valence-corrected chi connectivity index (χ3v) is 5.71. The van der Waals surface area contributed by atoms with Crippen LogP contribution >= 0.6 is 22.7 Å². The molecule has 0 bridgehead atoms. The number of rotatable bonds is 2. The summed E-state index contributed by atoms with van der Waals surface area (Å²) in [7, 11) is 0. The first-order valence-corrected chi connectivity index (χ1v) is 7.67. The molecule has 0 spiro atoms. The lowest BCUT2D eigenvalue weighted by molar-refractivity contribution is -0.137. The van der Waals surface area contributed by atoms with Gasteiger partial charge in [-0.2, -0.15) is 13.2 Å². The average Bonchev–Trinajstić information content (AvgIpc) is 3.05. The highest BCUT2D eigenvalue weighted by Crippen LogP contribution is 2.41. The number of aromatic nitrogens is 1. The highest BCUT2D eigenvalue weighted by atomic mass is 32.1. The van der Waals surface area contributed by atoms with Crippen LogP contribution in [0.15, 0.2) is 36.5 Å². The molecular formula is C14H10F3NOS2. The summed E-state index contributed by atoms with van der Waals surface area (Å²) in [5.74, 6) is 0. The third kappa shape index (κ3) is 2.56. The summed E-state index contributed by atoms with van der Waals surface area (Å²) in [6, 6.07) is 9.37. The molecule has 0 saturated heterocycles. The number of thiophene rings is 1. The van der Waals surface area contributed by atoms with E-state index < -0.39 is 16.8 Å². The van der Waals surface area contributed by atoms with Crippen LogP contribution in [0, 0.1) is 0 Å². The molecule has 1 atom stereocenters. The SMILES string of the molecule is CC(O)(c1cnc(C(F)(F)F)s1)c1cc2ccccc2s1. The van der Waals surface area contributed by atoms with Gasteiger partial charge in [0.25, 0.3) is 0 Å². The van der Waals surface area contributed by atoms with Crippen LogP contribution in [0.4, 0.5) is 13.2 Å². The van der Waals surface area contributed by atoms with Crippen LogP contribution in [0.5, 0.6) is 0 Å². The molecule has 7 heteroatoms. The van der Waals surface area contributed by atoms with Gasteiger partial charge in [-0.05, 0) is 24.4 Å². The van der Waals surface area contributed by atoms with Gasteiger partial charge in [-0.15, -0.1) is 22.7 Å². The fourth-order valence-corrected chi connectivity index (χ4v) is 4.00. The second kappa shape index (κ2) is 4.79. The molecule has 0 fully saturated rings. The zero-order chi connectivity index (χ0) is 15.3. The fraction of sp³-hybridized carbons (Fsp3) is 0.214. The van der Waals surface area contributed by atoms with Crippen LogP contribution in [0.2, 0.25) is 0 Å². The van der Waals surface area contributed by atoms with Crippen molar-refractivity contribution in [1.29, 1.82) is 0 Å². The molecule has 110 valence electrons. The first kappa shape index (κ1) is 14.5. The second-order valence-corrected chi connectivity index (χ2v) is 6.86. The van der Waals surface area contributed by atoms with Crippen molar-refractivity contribution in [3.05, 3.63) is 51.3 Å². The number of alkyl halides is 3. The van der Waals surface area contributed by atoms with Gasteiger partial charge in [0, 0.05) is 15.8 Å². The Morgan fingerprint density at radius 2 is 1.81 bits per heavy atom. The Balaban J connectivity index is 2.05. The highest BCUT2D eigenvalue weighted by Gasteiger charge is 2.38. The molecule has 2 nitrogen and oxygen atoms in total. The summed E-state index contributed by atoms with van der Waals surface area (Å²) >= 11 is 1.84. The molecule has 1 unspecified atom stereocenters. The maximum Gasteiger partial charge on any atom is 0.443 e. The molecule has 0 amide bonds. The molecule has 0 radical (unpaired) electrons. The first-order valence-electron chi connectivity index (χ1n) is 6.03. The van der Waals surface area contributed by atoms with Crippen molar-refractivity contribution >= 4 is 32.8 Å². The van der Waals surface area contributed by atoms with E-state index in [1.54, 1.807) is 6.07 Å². The van der Waals surface area contributed by atoms with E-state index >= 15 is 0 Å². The van der Waals surface area contributed by atoms with Gasteiger partial charge in [-0.25, -0.2) is 4.98 Å². The summed E-state index contributed by atoms with van der Waals surface area (Å²) in [6.07, 6.45) is -3.39. The van der Waals surface area contributed by atoms with E-state index in [9.17, 15) is 18.3 Å². The van der Waals surface area contributed by atoms with E-state index in [-0.39, 0.29) is 4.88 Å². The molecule has 0 aliphatic heterocycles. The summed E-state index contributed by atoms with van der Waals surface area (Å²) in [4.78, 5) is 4.15. The Labute approximate surface area is 126 Å². The molecule has 0 aliphatic carbocycles. The Kier molecular flexibility index (Phi) is 3.31. The van der Waals surface area contributed by atoms with Crippen LogP contribution in [0.25, 0.3) is 10.1 Å². The predicted molar refractivity (Wildman–Crippen MR) is 77.6 cm³/mol. The zero-order valence-corrected chi connectivity index (χ0v) is 12.4. The van der Waals surface area contributed by atoms with Crippen molar-refractivity contribution in [3.8, 4) is 0 Å². The minimum atomic E-state index is -4.49. The van der Waals surface area contributed by atoms with Crippen molar-refractivity contribution < 1.29 is 18.3 Å². The number of aliphatic hydroxyl groups is 1. The molecule has 0 saturated carbocycles. The molecule has 1 N–H and O–H groups in total. The molecule has 3 aromatic rings. The van der Waals surface area contributed by atoms with Crippen molar-refractivity contribution in [1.82, 2.24) is 4.98 Å². The van der Waals surface area contributed by atoms with Crippen molar-refractivity contribution in [2.45, 2.75) is 18.7 Å². The van der Waals surface area contributed by atoms with Crippen molar-refractivity contribution in [3.63, 3.8) is 0 Å². The van der Waals surface area contributed by atoms with Crippen molar-refractivity contribution in [2.75, 3.05) is 0 Å².